The molecule has 0 aromatic carbocycles. The fourth-order valence-electron chi connectivity index (χ4n) is 2.94. The second kappa shape index (κ2) is 11.7. The van der Waals surface area contributed by atoms with Gasteiger partial charge in [-0.15, -0.1) is 24.0 Å². The topological polar surface area (TPSA) is 95.6 Å². The first-order chi connectivity index (χ1) is 12.0. The van der Waals surface area contributed by atoms with Crippen LogP contribution in [0.3, 0.4) is 0 Å². The third-order valence-corrected chi connectivity index (χ3v) is 4.52. The molecule has 10 heteroatoms. The van der Waals surface area contributed by atoms with Crippen molar-refractivity contribution < 1.29 is 4.79 Å². The Balaban J connectivity index is 0.00000338. The van der Waals surface area contributed by atoms with Gasteiger partial charge in [-0.2, -0.15) is 0 Å². The molecule has 1 aliphatic heterocycles. The highest BCUT2D eigenvalue weighted by Crippen LogP contribution is 2.22. The lowest BCUT2D eigenvalue weighted by Gasteiger charge is -2.34. The number of primary amides is 1. The second-order valence-electron chi connectivity index (χ2n) is 6.01. The van der Waals surface area contributed by atoms with Crippen molar-refractivity contribution in [3.63, 3.8) is 0 Å². The zero-order chi connectivity index (χ0) is 18.2. The summed E-state index contributed by atoms with van der Waals surface area (Å²) in [5.41, 5.74) is 5.32. The number of nitrogens with two attached hydrogens (primary N) is 1. The highest BCUT2D eigenvalue weighted by atomic mass is 127. The lowest BCUT2D eigenvalue weighted by Crippen LogP contribution is -2.48. The third kappa shape index (κ3) is 7.32. The molecular weight excluding hydrogens is 490 g/mol. The fraction of sp³-hybridized carbons (Fsp3) is 0.562. The lowest BCUT2D eigenvalue weighted by atomic mass is 9.95. The number of halogens is 3. The summed E-state index contributed by atoms with van der Waals surface area (Å²) in [6.45, 7) is 3.00. The number of rotatable bonds is 6. The van der Waals surface area contributed by atoms with E-state index in [9.17, 15) is 4.79 Å². The second-order valence-corrected chi connectivity index (χ2v) is 6.85. The van der Waals surface area contributed by atoms with E-state index in [2.05, 4.69) is 25.5 Å². The van der Waals surface area contributed by atoms with Gasteiger partial charge in [-0.05, 0) is 24.8 Å². The minimum Gasteiger partial charge on any atom is -0.370 e. The zero-order valence-electron chi connectivity index (χ0n) is 14.7. The molecule has 0 bridgehead atoms. The van der Waals surface area contributed by atoms with Gasteiger partial charge in [0.2, 0.25) is 5.91 Å². The molecule has 1 aromatic rings. The molecule has 0 radical (unpaired) electrons. The van der Waals surface area contributed by atoms with E-state index in [0.717, 1.165) is 31.9 Å². The van der Waals surface area contributed by atoms with Crippen molar-refractivity contribution in [2.24, 2.45) is 16.6 Å². The SMILES string of the molecule is CN=C(NCCNc1ncc(Cl)cc1Cl)N1CCCC(CC(N)=O)C1.I. The number of hydrogen-bond donors (Lipinski definition) is 3. The molecule has 0 spiro atoms. The number of nitrogens with zero attached hydrogens (tertiary/aromatic N) is 3. The maximum absolute atomic E-state index is 11.1. The number of carbonyl (C=O) groups excluding carboxylic acids is 1. The summed E-state index contributed by atoms with van der Waals surface area (Å²) >= 11 is 11.9. The van der Waals surface area contributed by atoms with E-state index in [1.165, 1.54) is 0 Å². The van der Waals surface area contributed by atoms with E-state index < -0.39 is 0 Å². The zero-order valence-corrected chi connectivity index (χ0v) is 18.5. The predicted octanol–water partition coefficient (Wildman–Crippen LogP) is 2.58. The van der Waals surface area contributed by atoms with E-state index in [1.54, 1.807) is 19.3 Å². The number of likely N-dealkylation sites (tertiary alicyclic amines) is 1. The smallest absolute Gasteiger partial charge is 0.217 e. The molecular formula is C16H25Cl2IN6O. The van der Waals surface area contributed by atoms with E-state index in [1.807, 2.05) is 0 Å². The van der Waals surface area contributed by atoms with Crippen LogP contribution in [0, 0.1) is 5.92 Å². The van der Waals surface area contributed by atoms with Crippen molar-refractivity contribution in [3.05, 3.63) is 22.3 Å². The van der Waals surface area contributed by atoms with E-state index in [-0.39, 0.29) is 29.9 Å². The Bertz CT molecular complexity index is 631. The van der Waals surface area contributed by atoms with E-state index in [0.29, 0.717) is 41.3 Å². The largest absolute Gasteiger partial charge is 0.370 e. The van der Waals surface area contributed by atoms with Gasteiger partial charge in [0.05, 0.1) is 10.0 Å². The molecule has 1 fully saturated rings. The van der Waals surface area contributed by atoms with Crippen LogP contribution in [0.1, 0.15) is 19.3 Å². The van der Waals surface area contributed by atoms with Crippen LogP contribution in [0.4, 0.5) is 5.82 Å². The molecule has 4 N–H and O–H groups in total. The Morgan fingerprint density at radius 2 is 2.23 bits per heavy atom. The monoisotopic (exact) mass is 514 g/mol. The summed E-state index contributed by atoms with van der Waals surface area (Å²) in [6.07, 6.45) is 4.03. The first-order valence-electron chi connectivity index (χ1n) is 8.28. The highest BCUT2D eigenvalue weighted by Gasteiger charge is 2.23. The Hall–Kier alpha value is -1.000. The minimum absolute atomic E-state index is 0. The number of hydrogen-bond acceptors (Lipinski definition) is 4. The molecule has 1 aliphatic rings. The maximum atomic E-state index is 11.1. The fourth-order valence-corrected chi connectivity index (χ4v) is 3.39. The Morgan fingerprint density at radius 1 is 1.46 bits per heavy atom. The molecule has 0 aliphatic carbocycles. The van der Waals surface area contributed by atoms with Crippen molar-refractivity contribution in [3.8, 4) is 0 Å². The van der Waals surface area contributed by atoms with Crippen molar-refractivity contribution in [2.75, 3.05) is 38.5 Å². The number of pyridine rings is 1. The highest BCUT2D eigenvalue weighted by molar-refractivity contribution is 14.0. The summed E-state index contributed by atoms with van der Waals surface area (Å²) in [7, 11) is 1.76. The van der Waals surface area contributed by atoms with Gasteiger partial charge in [0.15, 0.2) is 5.96 Å². The van der Waals surface area contributed by atoms with Gasteiger partial charge < -0.3 is 21.3 Å². The number of carbonyl (C=O) groups is 1. The summed E-state index contributed by atoms with van der Waals surface area (Å²) in [5.74, 6) is 1.47. The molecule has 26 heavy (non-hydrogen) atoms. The number of aliphatic imine (C=N–C) groups is 1. The first kappa shape index (κ1) is 23.0. The number of amides is 1. The van der Waals surface area contributed by atoms with Gasteiger partial charge in [0.1, 0.15) is 5.82 Å². The summed E-state index contributed by atoms with van der Waals surface area (Å²) < 4.78 is 0. The summed E-state index contributed by atoms with van der Waals surface area (Å²) in [4.78, 5) is 21.8. The molecule has 7 nitrogen and oxygen atoms in total. The van der Waals surface area contributed by atoms with Gasteiger partial charge in [0.25, 0.3) is 0 Å². The third-order valence-electron chi connectivity index (χ3n) is 4.03. The number of anilines is 1. The molecule has 1 atom stereocenters. The minimum atomic E-state index is -0.244. The molecule has 1 aromatic heterocycles. The Labute approximate surface area is 181 Å². The van der Waals surface area contributed by atoms with Crippen LogP contribution in [0.2, 0.25) is 10.0 Å². The average molecular weight is 515 g/mol. The maximum Gasteiger partial charge on any atom is 0.217 e. The van der Waals surface area contributed by atoms with Crippen molar-refractivity contribution >= 4 is 64.9 Å². The molecule has 2 heterocycles. The molecule has 1 unspecified atom stereocenters. The molecule has 1 saturated heterocycles. The van der Waals surface area contributed by atoms with E-state index in [4.69, 9.17) is 28.9 Å². The first-order valence-corrected chi connectivity index (χ1v) is 9.04. The molecule has 146 valence electrons. The van der Waals surface area contributed by atoms with Gasteiger partial charge >= 0.3 is 0 Å². The standard InChI is InChI=1S/C16H24Cl2N6O.HI/c1-20-16(24-6-2-3-11(10-24)7-14(19)25)22-5-4-21-15-13(18)8-12(17)9-23-15;/h8-9,11H,2-7,10H2,1H3,(H2,19,25)(H,20,22)(H,21,23);1H. The quantitative estimate of drug-likeness (QED) is 0.235. The van der Waals surface area contributed by atoms with Crippen LogP contribution < -0.4 is 16.4 Å². The normalized spacial score (nSPS) is 17.4. The van der Waals surface area contributed by atoms with Crippen LogP contribution in [0.15, 0.2) is 17.3 Å². The molecule has 2 rings (SSSR count). The Kier molecular flexibility index (Phi) is 10.3. The summed E-state index contributed by atoms with van der Waals surface area (Å²) in [5, 5.41) is 7.47. The number of piperidine rings is 1. The number of guanidine groups is 1. The number of nitrogens with one attached hydrogen (secondary N) is 2. The number of aromatic nitrogens is 1. The van der Waals surface area contributed by atoms with Crippen molar-refractivity contribution in [1.29, 1.82) is 0 Å². The van der Waals surface area contributed by atoms with Crippen LogP contribution >= 0.6 is 47.2 Å². The van der Waals surface area contributed by atoms with Gasteiger partial charge in [-0.25, -0.2) is 4.98 Å². The molecule has 1 amide bonds. The Morgan fingerprint density at radius 3 is 2.88 bits per heavy atom. The van der Waals surface area contributed by atoms with Crippen LogP contribution in [-0.2, 0) is 4.79 Å². The van der Waals surface area contributed by atoms with Gasteiger partial charge in [-0.1, -0.05) is 23.2 Å². The van der Waals surface area contributed by atoms with Crippen LogP contribution in [0.25, 0.3) is 0 Å². The lowest BCUT2D eigenvalue weighted by molar-refractivity contribution is -0.119. The van der Waals surface area contributed by atoms with Gasteiger partial charge in [-0.3, -0.25) is 9.79 Å². The predicted molar refractivity (Wildman–Crippen MR) is 118 cm³/mol. The molecule has 0 saturated carbocycles. The summed E-state index contributed by atoms with van der Waals surface area (Å²) in [6, 6.07) is 1.65. The van der Waals surface area contributed by atoms with Crippen LogP contribution in [0.5, 0.6) is 0 Å². The average Bonchev–Trinajstić information content (AvgIpc) is 2.56. The van der Waals surface area contributed by atoms with Crippen LogP contribution in [-0.4, -0.2) is 55.0 Å². The van der Waals surface area contributed by atoms with Crippen molar-refractivity contribution in [2.45, 2.75) is 19.3 Å². The van der Waals surface area contributed by atoms with Gasteiger partial charge in [0, 0.05) is 45.8 Å². The van der Waals surface area contributed by atoms with Crippen molar-refractivity contribution in [1.82, 2.24) is 15.2 Å². The van der Waals surface area contributed by atoms with E-state index >= 15 is 0 Å².